The van der Waals surface area contributed by atoms with Gasteiger partial charge in [-0.2, -0.15) is 0 Å². The van der Waals surface area contributed by atoms with Crippen molar-refractivity contribution in [3.8, 4) is 5.75 Å². The predicted molar refractivity (Wildman–Crippen MR) is 79.7 cm³/mol. The van der Waals surface area contributed by atoms with Gasteiger partial charge in [-0.1, -0.05) is 12.1 Å². The van der Waals surface area contributed by atoms with Crippen molar-refractivity contribution in [2.45, 2.75) is 12.8 Å². The molecule has 0 aromatic heterocycles. The second-order valence-corrected chi connectivity index (χ2v) is 5.17. The number of amides is 1. The molecule has 0 atom stereocenters. The summed E-state index contributed by atoms with van der Waals surface area (Å²) in [6, 6.07) is 7.35. The van der Waals surface area contributed by atoms with Crippen molar-refractivity contribution in [1.29, 1.82) is 0 Å². The molecule has 0 bridgehead atoms. The van der Waals surface area contributed by atoms with Crippen LogP contribution in [-0.2, 0) is 4.79 Å². The van der Waals surface area contributed by atoms with E-state index in [1.807, 2.05) is 23.1 Å². The van der Waals surface area contributed by atoms with E-state index in [1.54, 1.807) is 6.07 Å². The third-order valence-corrected chi connectivity index (χ3v) is 3.56. The lowest BCUT2D eigenvalue weighted by atomic mass is 10.3. The first-order chi connectivity index (χ1) is 9.66. The zero-order chi connectivity index (χ0) is 14.4. The Morgan fingerprint density at radius 3 is 2.85 bits per heavy atom. The molecule has 0 aliphatic carbocycles. The lowest BCUT2D eigenvalue weighted by Crippen LogP contribution is -2.35. The van der Waals surface area contributed by atoms with Gasteiger partial charge in [0.05, 0.1) is 18.7 Å². The average molecular weight is 277 g/mol. The number of hydrogen-bond acceptors (Lipinski definition) is 4. The highest BCUT2D eigenvalue weighted by atomic mass is 16.5. The number of likely N-dealkylation sites (N-methyl/N-ethyl adjacent to an activating group) is 1. The van der Waals surface area contributed by atoms with Crippen molar-refractivity contribution in [1.82, 2.24) is 9.80 Å². The number of carbonyl (C=O) groups excluding carboxylic acids is 1. The maximum absolute atomic E-state index is 12.1. The van der Waals surface area contributed by atoms with Gasteiger partial charge in [-0.3, -0.25) is 4.79 Å². The Labute approximate surface area is 120 Å². The number of nitrogens with zero attached hydrogens (tertiary/aromatic N) is 2. The van der Waals surface area contributed by atoms with Gasteiger partial charge in [0, 0.05) is 19.6 Å². The van der Waals surface area contributed by atoms with Crippen LogP contribution in [0.3, 0.4) is 0 Å². The molecule has 0 spiro atoms. The molecule has 2 rings (SSSR count). The van der Waals surface area contributed by atoms with E-state index in [0.29, 0.717) is 24.5 Å². The summed E-state index contributed by atoms with van der Waals surface area (Å²) in [5.41, 5.74) is 6.40. The Morgan fingerprint density at radius 1 is 1.25 bits per heavy atom. The van der Waals surface area contributed by atoms with E-state index in [1.165, 1.54) is 0 Å². The Balaban J connectivity index is 1.76. The van der Waals surface area contributed by atoms with Crippen LogP contribution >= 0.6 is 0 Å². The maximum Gasteiger partial charge on any atom is 0.226 e. The number of nitrogens with two attached hydrogens (primary N) is 1. The predicted octanol–water partition coefficient (Wildman–Crippen LogP) is 1.20. The summed E-state index contributed by atoms with van der Waals surface area (Å²) in [5, 5.41) is 0. The number of para-hydroxylation sites is 2. The van der Waals surface area contributed by atoms with Gasteiger partial charge in [-0.25, -0.2) is 0 Å². The minimum atomic E-state index is 0.162. The summed E-state index contributed by atoms with van der Waals surface area (Å²) >= 11 is 0. The first-order valence-corrected chi connectivity index (χ1v) is 7.10. The lowest BCUT2D eigenvalue weighted by molar-refractivity contribution is -0.131. The summed E-state index contributed by atoms with van der Waals surface area (Å²) in [6.07, 6.45) is 1.44. The van der Waals surface area contributed by atoms with E-state index in [2.05, 4.69) is 11.9 Å². The number of carbonyl (C=O) groups is 1. The van der Waals surface area contributed by atoms with Crippen LogP contribution in [0.2, 0.25) is 0 Å². The fourth-order valence-electron chi connectivity index (χ4n) is 2.31. The molecule has 1 aromatic carbocycles. The van der Waals surface area contributed by atoms with Crippen LogP contribution < -0.4 is 10.5 Å². The zero-order valence-corrected chi connectivity index (χ0v) is 12.0. The molecule has 1 aromatic rings. The van der Waals surface area contributed by atoms with Crippen molar-refractivity contribution in [3.05, 3.63) is 24.3 Å². The van der Waals surface area contributed by atoms with E-state index in [-0.39, 0.29) is 5.91 Å². The van der Waals surface area contributed by atoms with Crippen LogP contribution in [0, 0.1) is 0 Å². The Bertz CT molecular complexity index is 450. The standard InChI is InChI=1S/C15H23N3O2/c1-17-8-4-9-18(11-10-17)15(19)7-12-20-14-6-3-2-5-13(14)16/h2-3,5-6H,4,7-12,16H2,1H3. The monoisotopic (exact) mass is 277 g/mol. The van der Waals surface area contributed by atoms with E-state index in [9.17, 15) is 4.79 Å². The third-order valence-electron chi connectivity index (χ3n) is 3.56. The maximum atomic E-state index is 12.1. The summed E-state index contributed by atoms with van der Waals surface area (Å²) in [4.78, 5) is 16.3. The number of benzene rings is 1. The second kappa shape index (κ2) is 7.14. The van der Waals surface area contributed by atoms with Gasteiger partial charge < -0.3 is 20.3 Å². The summed E-state index contributed by atoms with van der Waals surface area (Å²) in [7, 11) is 2.09. The molecular weight excluding hydrogens is 254 g/mol. The molecule has 1 amide bonds. The van der Waals surface area contributed by atoms with E-state index in [4.69, 9.17) is 10.5 Å². The van der Waals surface area contributed by atoms with Crippen molar-refractivity contribution in [2.75, 3.05) is 45.6 Å². The molecule has 1 aliphatic rings. The van der Waals surface area contributed by atoms with Gasteiger partial charge in [0.15, 0.2) is 0 Å². The molecule has 0 unspecified atom stereocenters. The van der Waals surface area contributed by atoms with Crippen LogP contribution in [0.1, 0.15) is 12.8 Å². The molecule has 0 saturated carbocycles. The summed E-state index contributed by atoms with van der Waals surface area (Å²) in [6.45, 7) is 4.03. The Hall–Kier alpha value is -1.75. The average Bonchev–Trinajstić information content (AvgIpc) is 2.66. The molecule has 110 valence electrons. The minimum absolute atomic E-state index is 0.162. The minimum Gasteiger partial charge on any atom is -0.491 e. The summed E-state index contributed by atoms with van der Waals surface area (Å²) in [5.74, 6) is 0.811. The number of ether oxygens (including phenoxy) is 1. The molecule has 1 aliphatic heterocycles. The van der Waals surface area contributed by atoms with Crippen LogP contribution in [0.25, 0.3) is 0 Å². The molecule has 5 heteroatoms. The smallest absolute Gasteiger partial charge is 0.226 e. The van der Waals surface area contributed by atoms with E-state index < -0.39 is 0 Å². The Morgan fingerprint density at radius 2 is 2.05 bits per heavy atom. The normalized spacial score (nSPS) is 16.8. The van der Waals surface area contributed by atoms with Gasteiger partial charge in [0.1, 0.15) is 5.75 Å². The molecule has 1 saturated heterocycles. The largest absolute Gasteiger partial charge is 0.491 e. The topological polar surface area (TPSA) is 58.8 Å². The Kier molecular flexibility index (Phi) is 5.24. The van der Waals surface area contributed by atoms with Crippen LogP contribution in [0.5, 0.6) is 5.75 Å². The van der Waals surface area contributed by atoms with Gasteiger partial charge in [0.25, 0.3) is 0 Å². The van der Waals surface area contributed by atoms with Crippen molar-refractivity contribution >= 4 is 11.6 Å². The third kappa shape index (κ3) is 4.13. The highest BCUT2D eigenvalue weighted by Crippen LogP contribution is 2.19. The highest BCUT2D eigenvalue weighted by Gasteiger charge is 2.17. The van der Waals surface area contributed by atoms with Crippen LogP contribution in [0.4, 0.5) is 5.69 Å². The highest BCUT2D eigenvalue weighted by molar-refractivity contribution is 5.76. The van der Waals surface area contributed by atoms with Gasteiger partial charge in [-0.05, 0) is 32.1 Å². The fraction of sp³-hybridized carbons (Fsp3) is 0.533. The van der Waals surface area contributed by atoms with Gasteiger partial charge >= 0.3 is 0 Å². The molecule has 1 fully saturated rings. The second-order valence-electron chi connectivity index (χ2n) is 5.17. The molecule has 2 N–H and O–H groups in total. The molecule has 1 heterocycles. The van der Waals surface area contributed by atoms with Crippen molar-refractivity contribution in [3.63, 3.8) is 0 Å². The van der Waals surface area contributed by atoms with Crippen molar-refractivity contribution < 1.29 is 9.53 Å². The quantitative estimate of drug-likeness (QED) is 0.840. The first kappa shape index (κ1) is 14.7. The fourth-order valence-corrected chi connectivity index (χ4v) is 2.31. The number of hydrogen-bond donors (Lipinski definition) is 1. The molecule has 0 radical (unpaired) electrons. The molecule has 20 heavy (non-hydrogen) atoms. The van der Waals surface area contributed by atoms with Gasteiger partial charge in [-0.15, -0.1) is 0 Å². The summed E-state index contributed by atoms with van der Waals surface area (Å²) < 4.78 is 5.57. The van der Waals surface area contributed by atoms with E-state index >= 15 is 0 Å². The zero-order valence-electron chi connectivity index (χ0n) is 12.0. The first-order valence-electron chi connectivity index (χ1n) is 7.10. The van der Waals surface area contributed by atoms with E-state index in [0.717, 1.165) is 32.6 Å². The number of anilines is 1. The molecular formula is C15H23N3O2. The molecule has 5 nitrogen and oxygen atoms in total. The number of rotatable bonds is 4. The van der Waals surface area contributed by atoms with Crippen molar-refractivity contribution in [2.24, 2.45) is 0 Å². The van der Waals surface area contributed by atoms with Crippen LogP contribution in [0.15, 0.2) is 24.3 Å². The number of nitrogen functional groups attached to an aromatic ring is 1. The SMILES string of the molecule is CN1CCCN(C(=O)CCOc2ccccc2N)CC1. The lowest BCUT2D eigenvalue weighted by Gasteiger charge is -2.20. The van der Waals surface area contributed by atoms with Crippen LogP contribution in [-0.4, -0.2) is 55.5 Å². The van der Waals surface area contributed by atoms with Gasteiger partial charge in [0.2, 0.25) is 5.91 Å².